The molecular weight excluding hydrogens is 493 g/mol. The summed E-state index contributed by atoms with van der Waals surface area (Å²) in [5.41, 5.74) is -2.37. The van der Waals surface area contributed by atoms with E-state index in [1.807, 2.05) is 0 Å². The first-order chi connectivity index (χ1) is 15.6. The smallest absolute Gasteiger partial charge is 0.404 e. The zero-order valence-electron chi connectivity index (χ0n) is 20.3. The fourth-order valence-electron chi connectivity index (χ4n) is 2.73. The Morgan fingerprint density at radius 2 is 1.54 bits per heavy atom. The van der Waals surface area contributed by atoms with Gasteiger partial charge in [-0.25, -0.2) is 13.2 Å². The number of ether oxygens (including phenoxy) is 1. The number of anilines is 2. The molecule has 1 aliphatic rings. The van der Waals surface area contributed by atoms with Gasteiger partial charge in [0, 0.05) is 5.56 Å². The predicted molar refractivity (Wildman–Crippen MR) is 121 cm³/mol. The van der Waals surface area contributed by atoms with Crippen LogP contribution in [0.5, 0.6) is 0 Å². The van der Waals surface area contributed by atoms with Crippen molar-refractivity contribution in [2.24, 2.45) is 10.8 Å². The number of sulfonamides is 1. The van der Waals surface area contributed by atoms with Crippen LogP contribution in [0.15, 0.2) is 24.0 Å². The van der Waals surface area contributed by atoms with Gasteiger partial charge < -0.3 is 9.57 Å². The summed E-state index contributed by atoms with van der Waals surface area (Å²) in [5, 5.41) is 0.592. The summed E-state index contributed by atoms with van der Waals surface area (Å²) in [4.78, 5) is 43.2. The third-order valence-corrected chi connectivity index (χ3v) is 5.76. The van der Waals surface area contributed by atoms with Crippen molar-refractivity contribution in [3.05, 3.63) is 29.5 Å². The molecule has 1 aromatic carbocycles. The number of rotatable bonds is 5. The lowest BCUT2D eigenvalue weighted by molar-refractivity contribution is -0.157. The van der Waals surface area contributed by atoms with Crippen molar-refractivity contribution in [3.8, 4) is 0 Å². The molecule has 13 heteroatoms. The van der Waals surface area contributed by atoms with Gasteiger partial charge in [0.1, 0.15) is 5.76 Å². The number of hydroxylamine groups is 1. The predicted octanol–water partition coefficient (Wildman–Crippen LogP) is 4.16. The topological polar surface area (TPSA) is 119 Å². The van der Waals surface area contributed by atoms with Crippen LogP contribution >= 0.6 is 0 Å². The summed E-state index contributed by atoms with van der Waals surface area (Å²) in [7, 11) is -4.82. The number of carbonyl (C=O) groups excluding carboxylic acids is 3. The van der Waals surface area contributed by atoms with Gasteiger partial charge in [0.25, 0.3) is 5.91 Å². The van der Waals surface area contributed by atoms with Crippen LogP contribution in [-0.2, 0) is 34.0 Å². The van der Waals surface area contributed by atoms with Gasteiger partial charge in [-0.15, -0.1) is 5.06 Å². The molecule has 1 N–H and O–H groups in total. The molecule has 0 saturated heterocycles. The first kappa shape index (κ1) is 28.1. The molecule has 1 heterocycles. The molecule has 0 unspecified atom stereocenters. The van der Waals surface area contributed by atoms with Gasteiger partial charge in [-0.2, -0.15) is 13.2 Å². The average Bonchev–Trinajstić information content (AvgIpc) is 2.89. The zero-order chi connectivity index (χ0) is 27.1. The van der Waals surface area contributed by atoms with Gasteiger partial charge in [0.15, 0.2) is 5.75 Å². The van der Waals surface area contributed by atoms with E-state index in [1.165, 1.54) is 33.8 Å². The van der Waals surface area contributed by atoms with Crippen molar-refractivity contribution in [2.45, 2.75) is 54.6 Å². The molecule has 1 aromatic rings. The highest BCUT2D eigenvalue weighted by molar-refractivity contribution is 7.92. The SMILES string of the molecule is C/C(OC(=O)C(C)(C)C)=C1/C(=O)N(OC(=O)C(C)(C)C)c2cc(NS(=O)(=O)CC(F)(F)F)ccc21. The third kappa shape index (κ3) is 6.96. The number of carbonyl (C=O) groups is 3. The van der Waals surface area contributed by atoms with Crippen LogP contribution in [0.2, 0.25) is 0 Å². The number of halogens is 3. The summed E-state index contributed by atoms with van der Waals surface area (Å²) in [6.45, 7) is 10.8. The number of nitrogens with one attached hydrogen (secondary N) is 1. The Kier molecular flexibility index (Phi) is 7.38. The second-order valence-electron chi connectivity index (χ2n) is 10.0. The normalized spacial score (nSPS) is 16.1. The molecule has 0 aliphatic carbocycles. The van der Waals surface area contributed by atoms with E-state index in [0.29, 0.717) is 5.06 Å². The number of alkyl halides is 3. The van der Waals surface area contributed by atoms with Crippen molar-refractivity contribution in [2.75, 3.05) is 15.5 Å². The lowest BCUT2D eigenvalue weighted by atomic mass is 9.97. The van der Waals surface area contributed by atoms with E-state index in [-0.39, 0.29) is 28.3 Å². The van der Waals surface area contributed by atoms with Crippen LogP contribution in [0.25, 0.3) is 5.57 Å². The number of fused-ring (bicyclic) bond motifs is 1. The molecule has 0 fully saturated rings. The summed E-state index contributed by atoms with van der Waals surface area (Å²) >= 11 is 0. The van der Waals surface area contributed by atoms with E-state index >= 15 is 0 Å². The summed E-state index contributed by atoms with van der Waals surface area (Å²) in [5.74, 6) is -4.56. The van der Waals surface area contributed by atoms with Crippen LogP contribution in [0.3, 0.4) is 0 Å². The molecule has 0 radical (unpaired) electrons. The summed E-state index contributed by atoms with van der Waals surface area (Å²) in [6, 6.07) is 3.42. The van der Waals surface area contributed by atoms with Crippen LogP contribution in [-0.4, -0.2) is 38.2 Å². The van der Waals surface area contributed by atoms with E-state index in [9.17, 15) is 36.0 Å². The molecule has 0 spiro atoms. The van der Waals surface area contributed by atoms with Crippen LogP contribution in [0.4, 0.5) is 24.5 Å². The lowest BCUT2D eigenvalue weighted by Gasteiger charge is -2.22. The third-order valence-electron chi connectivity index (χ3n) is 4.51. The summed E-state index contributed by atoms with van der Waals surface area (Å²) in [6.07, 6.45) is -4.98. The largest absolute Gasteiger partial charge is 0.430 e. The first-order valence-electron chi connectivity index (χ1n) is 10.3. The molecule has 2 rings (SSSR count). The average molecular weight is 521 g/mol. The highest BCUT2D eigenvalue weighted by atomic mass is 32.2. The van der Waals surface area contributed by atoms with E-state index in [1.54, 1.807) is 25.5 Å². The number of esters is 1. The van der Waals surface area contributed by atoms with Crippen LogP contribution in [0.1, 0.15) is 54.0 Å². The maximum atomic E-state index is 13.2. The quantitative estimate of drug-likeness (QED) is 0.352. The molecule has 35 heavy (non-hydrogen) atoms. The Hall–Kier alpha value is -3.09. The van der Waals surface area contributed by atoms with Gasteiger partial charge in [0.2, 0.25) is 10.0 Å². The monoisotopic (exact) mass is 520 g/mol. The number of hydrogen-bond donors (Lipinski definition) is 1. The minimum atomic E-state index is -4.98. The number of nitrogens with zero attached hydrogens (tertiary/aromatic N) is 1. The van der Waals surface area contributed by atoms with Crippen molar-refractivity contribution in [3.63, 3.8) is 0 Å². The molecule has 194 valence electrons. The van der Waals surface area contributed by atoms with Crippen molar-refractivity contribution in [1.82, 2.24) is 0 Å². The second kappa shape index (κ2) is 9.17. The zero-order valence-corrected chi connectivity index (χ0v) is 21.1. The van der Waals surface area contributed by atoms with E-state index in [4.69, 9.17) is 9.57 Å². The van der Waals surface area contributed by atoms with Crippen molar-refractivity contribution < 1.29 is 45.5 Å². The maximum Gasteiger partial charge on any atom is 0.404 e. The Morgan fingerprint density at radius 1 is 1.00 bits per heavy atom. The van der Waals surface area contributed by atoms with Crippen molar-refractivity contribution in [1.29, 1.82) is 0 Å². The van der Waals surface area contributed by atoms with E-state index < -0.39 is 50.6 Å². The van der Waals surface area contributed by atoms with Crippen LogP contribution in [0, 0.1) is 10.8 Å². The van der Waals surface area contributed by atoms with Gasteiger partial charge >= 0.3 is 18.1 Å². The molecule has 1 aliphatic heterocycles. The number of amides is 1. The molecule has 0 saturated carbocycles. The van der Waals surface area contributed by atoms with Gasteiger partial charge in [-0.3, -0.25) is 14.3 Å². The summed E-state index contributed by atoms with van der Waals surface area (Å²) < 4.78 is 68.7. The Bertz CT molecular complexity index is 1190. The first-order valence-corrected chi connectivity index (χ1v) is 12.0. The highest BCUT2D eigenvalue weighted by Crippen LogP contribution is 2.41. The minimum Gasteiger partial charge on any atom is -0.430 e. The standard InChI is InChI=1S/C22H27F3N2O7S/c1-12(33-18(29)20(2,3)4)16-14-9-8-13(26-35(31,32)11-22(23,24)25)10-15(14)27(17(16)28)34-19(30)21(5,6)7/h8-10,26H,11H2,1-7H3/b16-12-. The van der Waals surface area contributed by atoms with Crippen LogP contribution < -0.4 is 9.79 Å². The Morgan fingerprint density at radius 3 is 2.03 bits per heavy atom. The number of hydrogen-bond acceptors (Lipinski definition) is 7. The fraction of sp³-hybridized carbons (Fsp3) is 0.500. The highest BCUT2D eigenvalue weighted by Gasteiger charge is 2.41. The second-order valence-corrected chi connectivity index (χ2v) is 11.7. The number of benzene rings is 1. The molecule has 0 atom stereocenters. The molecule has 0 aromatic heterocycles. The molecule has 0 bridgehead atoms. The molecule has 9 nitrogen and oxygen atoms in total. The van der Waals surface area contributed by atoms with Gasteiger partial charge in [0.05, 0.1) is 27.8 Å². The van der Waals surface area contributed by atoms with Gasteiger partial charge in [-0.05, 0) is 66.7 Å². The number of allylic oxidation sites excluding steroid dienone is 1. The van der Waals surface area contributed by atoms with Crippen molar-refractivity contribution >= 4 is 44.8 Å². The fourth-order valence-corrected chi connectivity index (χ4v) is 3.71. The molecular formula is C22H27F3N2O7S. The Labute approximate surface area is 201 Å². The maximum absolute atomic E-state index is 13.2. The lowest BCUT2D eigenvalue weighted by Crippen LogP contribution is -2.35. The van der Waals surface area contributed by atoms with E-state index in [0.717, 1.165) is 12.1 Å². The van der Waals surface area contributed by atoms with E-state index in [2.05, 4.69) is 0 Å². The Balaban J connectivity index is 2.58. The molecule has 1 amide bonds. The van der Waals surface area contributed by atoms with Gasteiger partial charge in [-0.1, -0.05) is 0 Å². The minimum absolute atomic E-state index is 0.101.